The number of piperidine rings is 2. The van der Waals surface area contributed by atoms with Gasteiger partial charge in [0.25, 0.3) is 0 Å². The summed E-state index contributed by atoms with van der Waals surface area (Å²) in [6.07, 6.45) is 3.31. The third kappa shape index (κ3) is 3.23. The fourth-order valence-corrected chi connectivity index (χ4v) is 3.25. The number of hydrogen-bond acceptors (Lipinski definition) is 3. The molecule has 0 saturated carbocycles. The van der Waals surface area contributed by atoms with Crippen LogP contribution in [0.4, 0.5) is 0 Å². The van der Waals surface area contributed by atoms with Gasteiger partial charge in [-0.05, 0) is 44.2 Å². The van der Waals surface area contributed by atoms with Crippen molar-refractivity contribution >= 4 is 5.91 Å². The summed E-state index contributed by atoms with van der Waals surface area (Å²) in [6, 6.07) is 0. The summed E-state index contributed by atoms with van der Waals surface area (Å²) in [4.78, 5) is 14.7. The standard InChI is InChI=1S/C14H26N2O2/c1-11-8-15-6-5-13(11)14(17)16-7-3-4-12(9-16)10-18-2/h11-13,15H,3-10H2,1-2H3. The average Bonchev–Trinajstić information content (AvgIpc) is 2.39. The molecule has 0 aromatic heterocycles. The molecule has 0 spiro atoms. The minimum atomic E-state index is 0.229. The molecule has 1 N–H and O–H groups in total. The Morgan fingerprint density at radius 1 is 1.44 bits per heavy atom. The number of hydrogen-bond donors (Lipinski definition) is 1. The van der Waals surface area contributed by atoms with Gasteiger partial charge in [0.15, 0.2) is 0 Å². The average molecular weight is 254 g/mol. The first-order valence-corrected chi connectivity index (χ1v) is 7.20. The number of rotatable bonds is 3. The first-order valence-electron chi connectivity index (χ1n) is 7.20. The zero-order valence-corrected chi connectivity index (χ0v) is 11.7. The molecule has 104 valence electrons. The van der Waals surface area contributed by atoms with Gasteiger partial charge in [0, 0.05) is 26.1 Å². The van der Waals surface area contributed by atoms with E-state index in [2.05, 4.69) is 17.1 Å². The highest BCUT2D eigenvalue weighted by atomic mass is 16.5. The molecule has 0 aliphatic carbocycles. The lowest BCUT2D eigenvalue weighted by atomic mass is 9.86. The second kappa shape index (κ2) is 6.53. The van der Waals surface area contributed by atoms with Crippen molar-refractivity contribution in [1.82, 2.24) is 10.2 Å². The van der Waals surface area contributed by atoms with Crippen molar-refractivity contribution < 1.29 is 9.53 Å². The molecule has 0 aromatic carbocycles. The molecule has 4 nitrogen and oxygen atoms in total. The highest BCUT2D eigenvalue weighted by Crippen LogP contribution is 2.24. The van der Waals surface area contributed by atoms with Crippen LogP contribution in [0.2, 0.25) is 0 Å². The highest BCUT2D eigenvalue weighted by Gasteiger charge is 2.33. The summed E-state index contributed by atoms with van der Waals surface area (Å²) >= 11 is 0. The maximum Gasteiger partial charge on any atom is 0.226 e. The number of nitrogens with zero attached hydrogens (tertiary/aromatic N) is 1. The molecule has 3 atom stereocenters. The van der Waals surface area contributed by atoms with Crippen LogP contribution in [0.25, 0.3) is 0 Å². The summed E-state index contributed by atoms with van der Waals surface area (Å²) in [6.45, 7) is 6.76. The number of carbonyl (C=O) groups is 1. The molecule has 0 bridgehead atoms. The van der Waals surface area contributed by atoms with Crippen LogP contribution < -0.4 is 5.32 Å². The molecule has 2 heterocycles. The Hall–Kier alpha value is -0.610. The Morgan fingerprint density at radius 3 is 3.00 bits per heavy atom. The van der Waals surface area contributed by atoms with E-state index in [1.165, 1.54) is 6.42 Å². The van der Waals surface area contributed by atoms with Gasteiger partial charge in [0.1, 0.15) is 0 Å². The van der Waals surface area contributed by atoms with Gasteiger partial charge < -0.3 is 15.0 Å². The third-order valence-corrected chi connectivity index (χ3v) is 4.34. The SMILES string of the molecule is COCC1CCCN(C(=O)C2CCNCC2C)C1. The van der Waals surface area contributed by atoms with Crippen molar-refractivity contribution in [2.45, 2.75) is 26.2 Å². The lowest BCUT2D eigenvalue weighted by Crippen LogP contribution is -2.48. The molecule has 3 unspecified atom stereocenters. The van der Waals surface area contributed by atoms with Crippen LogP contribution >= 0.6 is 0 Å². The molecular weight excluding hydrogens is 228 g/mol. The fourth-order valence-electron chi connectivity index (χ4n) is 3.25. The first-order chi connectivity index (χ1) is 8.72. The minimum absolute atomic E-state index is 0.229. The zero-order valence-electron chi connectivity index (χ0n) is 11.7. The van der Waals surface area contributed by atoms with Crippen molar-refractivity contribution in [3.63, 3.8) is 0 Å². The molecular formula is C14H26N2O2. The van der Waals surface area contributed by atoms with Gasteiger partial charge in [-0.1, -0.05) is 6.92 Å². The summed E-state index contributed by atoms with van der Waals surface area (Å²) in [5.41, 5.74) is 0. The molecule has 2 fully saturated rings. The molecule has 18 heavy (non-hydrogen) atoms. The molecule has 2 aliphatic heterocycles. The Balaban J connectivity index is 1.91. The third-order valence-electron chi connectivity index (χ3n) is 4.34. The summed E-state index contributed by atoms with van der Waals surface area (Å²) < 4.78 is 5.23. The number of ether oxygens (including phenoxy) is 1. The number of likely N-dealkylation sites (tertiary alicyclic amines) is 1. The van der Waals surface area contributed by atoms with Crippen LogP contribution in [0.3, 0.4) is 0 Å². The molecule has 4 heteroatoms. The molecule has 2 aliphatic rings. The van der Waals surface area contributed by atoms with E-state index in [1.807, 2.05) is 0 Å². The van der Waals surface area contributed by atoms with Crippen molar-refractivity contribution in [2.24, 2.45) is 17.8 Å². The highest BCUT2D eigenvalue weighted by molar-refractivity contribution is 5.79. The normalized spacial score (nSPS) is 33.4. The molecule has 1 amide bonds. The van der Waals surface area contributed by atoms with Crippen LogP contribution in [0, 0.1) is 17.8 Å². The van der Waals surface area contributed by atoms with Gasteiger partial charge in [-0.15, -0.1) is 0 Å². The minimum Gasteiger partial charge on any atom is -0.384 e. The Labute approximate surface area is 110 Å². The monoisotopic (exact) mass is 254 g/mol. The van der Waals surface area contributed by atoms with Gasteiger partial charge >= 0.3 is 0 Å². The summed E-state index contributed by atoms with van der Waals surface area (Å²) in [5, 5.41) is 3.36. The number of methoxy groups -OCH3 is 1. The van der Waals surface area contributed by atoms with E-state index in [1.54, 1.807) is 7.11 Å². The van der Waals surface area contributed by atoms with Crippen molar-refractivity contribution in [3.8, 4) is 0 Å². The van der Waals surface area contributed by atoms with Crippen molar-refractivity contribution in [3.05, 3.63) is 0 Å². The molecule has 2 rings (SSSR count). The van der Waals surface area contributed by atoms with Crippen LogP contribution in [0.1, 0.15) is 26.2 Å². The second-order valence-corrected chi connectivity index (χ2v) is 5.82. The van der Waals surface area contributed by atoms with E-state index in [9.17, 15) is 4.79 Å². The fraction of sp³-hybridized carbons (Fsp3) is 0.929. The number of amides is 1. The van der Waals surface area contributed by atoms with E-state index >= 15 is 0 Å². The van der Waals surface area contributed by atoms with E-state index in [0.29, 0.717) is 17.7 Å². The topological polar surface area (TPSA) is 41.6 Å². The van der Waals surface area contributed by atoms with Gasteiger partial charge in [-0.3, -0.25) is 4.79 Å². The number of carbonyl (C=O) groups excluding carboxylic acids is 1. The van der Waals surface area contributed by atoms with E-state index in [-0.39, 0.29) is 5.92 Å². The molecule has 2 saturated heterocycles. The van der Waals surface area contributed by atoms with E-state index in [4.69, 9.17) is 4.74 Å². The van der Waals surface area contributed by atoms with Crippen LogP contribution in [-0.2, 0) is 9.53 Å². The largest absolute Gasteiger partial charge is 0.384 e. The van der Waals surface area contributed by atoms with E-state index in [0.717, 1.165) is 45.6 Å². The van der Waals surface area contributed by atoms with Gasteiger partial charge in [-0.25, -0.2) is 0 Å². The van der Waals surface area contributed by atoms with Crippen LogP contribution in [-0.4, -0.2) is 50.7 Å². The molecule has 0 radical (unpaired) electrons. The smallest absolute Gasteiger partial charge is 0.226 e. The Morgan fingerprint density at radius 2 is 2.28 bits per heavy atom. The predicted octanol–water partition coefficient (Wildman–Crippen LogP) is 1.12. The van der Waals surface area contributed by atoms with Gasteiger partial charge in [-0.2, -0.15) is 0 Å². The Bertz CT molecular complexity index is 281. The first kappa shape index (κ1) is 13.8. The molecule has 0 aromatic rings. The number of nitrogens with one attached hydrogen (secondary N) is 1. The zero-order chi connectivity index (χ0) is 13.0. The van der Waals surface area contributed by atoms with E-state index < -0.39 is 0 Å². The maximum absolute atomic E-state index is 12.6. The lowest BCUT2D eigenvalue weighted by Gasteiger charge is -2.37. The predicted molar refractivity (Wildman–Crippen MR) is 71.3 cm³/mol. The van der Waals surface area contributed by atoms with Gasteiger partial charge in [0.2, 0.25) is 5.91 Å². The van der Waals surface area contributed by atoms with Crippen LogP contribution in [0.15, 0.2) is 0 Å². The van der Waals surface area contributed by atoms with Crippen LogP contribution in [0.5, 0.6) is 0 Å². The summed E-state index contributed by atoms with van der Waals surface area (Å²) in [5.74, 6) is 1.61. The second-order valence-electron chi connectivity index (χ2n) is 5.82. The Kier molecular flexibility index (Phi) is 5.01. The summed E-state index contributed by atoms with van der Waals surface area (Å²) in [7, 11) is 1.75. The lowest BCUT2D eigenvalue weighted by molar-refractivity contribution is -0.140. The maximum atomic E-state index is 12.6. The van der Waals surface area contributed by atoms with Crippen molar-refractivity contribution in [2.75, 3.05) is 39.9 Å². The quantitative estimate of drug-likeness (QED) is 0.820. The van der Waals surface area contributed by atoms with Crippen molar-refractivity contribution in [1.29, 1.82) is 0 Å². The van der Waals surface area contributed by atoms with Gasteiger partial charge in [0.05, 0.1) is 6.61 Å².